The molecule has 7 nitrogen and oxygen atoms in total. The molecule has 3 rings (SSSR count). The van der Waals surface area contributed by atoms with Crippen molar-refractivity contribution in [3.05, 3.63) is 17.6 Å². The molecule has 22 heavy (non-hydrogen) atoms. The Balaban J connectivity index is 1.95. The minimum absolute atomic E-state index is 0.102. The predicted molar refractivity (Wildman–Crippen MR) is 76.0 cm³/mol. The molecule has 2 fully saturated rings. The summed E-state index contributed by atoms with van der Waals surface area (Å²) in [6, 6.07) is 1.48. The van der Waals surface area contributed by atoms with Gasteiger partial charge in [0.2, 0.25) is 10.0 Å². The van der Waals surface area contributed by atoms with Gasteiger partial charge in [-0.2, -0.15) is 4.31 Å². The van der Waals surface area contributed by atoms with Crippen molar-refractivity contribution in [1.29, 1.82) is 0 Å². The number of carboxylic acid groups (broad SMARTS) is 1. The third-order valence-corrected chi connectivity index (χ3v) is 6.30. The molecule has 1 saturated carbocycles. The molecule has 1 aliphatic heterocycles. The second-order valence-corrected chi connectivity index (χ2v) is 7.96. The van der Waals surface area contributed by atoms with Crippen LogP contribution < -0.4 is 0 Å². The van der Waals surface area contributed by atoms with Gasteiger partial charge >= 0.3 is 5.97 Å². The van der Waals surface area contributed by atoms with Gasteiger partial charge in [-0.25, -0.2) is 13.2 Å². The van der Waals surface area contributed by atoms with Crippen LogP contribution in [0.1, 0.15) is 30.8 Å². The molecule has 122 valence electrons. The topological polar surface area (TPSA) is 97.1 Å². The number of sulfonamides is 1. The van der Waals surface area contributed by atoms with E-state index in [1.165, 1.54) is 10.4 Å². The first-order chi connectivity index (χ1) is 10.2. The lowest BCUT2D eigenvalue weighted by molar-refractivity contribution is -0.195. The molecule has 1 aromatic rings. The number of morpholine rings is 1. The molecule has 1 aliphatic carbocycles. The minimum atomic E-state index is -3.79. The normalized spacial score (nSPS) is 25.1. The Hall–Kier alpha value is -1.38. The maximum Gasteiger partial charge on any atom is 0.334 e. The van der Waals surface area contributed by atoms with E-state index in [1.54, 1.807) is 13.8 Å². The highest BCUT2D eigenvalue weighted by Gasteiger charge is 2.50. The van der Waals surface area contributed by atoms with Crippen molar-refractivity contribution in [2.24, 2.45) is 0 Å². The summed E-state index contributed by atoms with van der Waals surface area (Å²) in [5.74, 6) is -0.303. The van der Waals surface area contributed by atoms with Crippen molar-refractivity contribution in [3.63, 3.8) is 0 Å². The molecule has 2 heterocycles. The van der Waals surface area contributed by atoms with Gasteiger partial charge in [-0.15, -0.1) is 0 Å². The number of rotatable bonds is 3. The first-order valence-corrected chi connectivity index (χ1v) is 8.65. The first-order valence-electron chi connectivity index (χ1n) is 7.21. The number of aliphatic carboxylic acids is 1. The average Bonchev–Trinajstić information content (AvgIpc) is 2.76. The zero-order valence-electron chi connectivity index (χ0n) is 12.5. The number of carboxylic acids is 1. The number of aryl methyl sites for hydroxylation is 2. The van der Waals surface area contributed by atoms with Gasteiger partial charge in [-0.1, -0.05) is 0 Å². The van der Waals surface area contributed by atoms with Crippen LogP contribution in [0.3, 0.4) is 0 Å². The molecule has 1 aromatic heterocycles. The van der Waals surface area contributed by atoms with Crippen LogP contribution in [0.2, 0.25) is 0 Å². The molecule has 0 bridgehead atoms. The van der Waals surface area contributed by atoms with E-state index >= 15 is 0 Å². The SMILES string of the molecule is Cc1cc(S(=O)(=O)N2CC(C(=O)O)OC3(CCC3)C2)c(C)o1. The van der Waals surface area contributed by atoms with Gasteiger partial charge in [0.05, 0.1) is 12.1 Å². The van der Waals surface area contributed by atoms with Crippen molar-refractivity contribution in [2.75, 3.05) is 13.1 Å². The van der Waals surface area contributed by atoms with Gasteiger partial charge in [0.25, 0.3) is 0 Å². The Bertz CT molecular complexity index is 703. The quantitative estimate of drug-likeness (QED) is 0.897. The van der Waals surface area contributed by atoms with Crippen LogP contribution in [0.5, 0.6) is 0 Å². The van der Waals surface area contributed by atoms with E-state index in [9.17, 15) is 18.3 Å². The predicted octanol–water partition coefficient (Wildman–Crippen LogP) is 1.29. The van der Waals surface area contributed by atoms with Crippen LogP contribution in [0.25, 0.3) is 0 Å². The smallest absolute Gasteiger partial charge is 0.334 e. The fourth-order valence-electron chi connectivity index (χ4n) is 3.11. The summed E-state index contributed by atoms with van der Waals surface area (Å²) in [6.45, 7) is 3.29. The van der Waals surface area contributed by atoms with Crippen LogP contribution in [0, 0.1) is 13.8 Å². The van der Waals surface area contributed by atoms with E-state index < -0.39 is 27.7 Å². The zero-order chi connectivity index (χ0) is 16.1. The van der Waals surface area contributed by atoms with Gasteiger partial charge in [-0.3, -0.25) is 0 Å². The summed E-state index contributed by atoms with van der Waals surface area (Å²) >= 11 is 0. The lowest BCUT2D eigenvalue weighted by Crippen LogP contribution is -2.61. The lowest BCUT2D eigenvalue weighted by atomic mass is 9.79. The molecular weight excluding hydrogens is 310 g/mol. The molecule has 0 radical (unpaired) electrons. The van der Waals surface area contributed by atoms with E-state index in [4.69, 9.17) is 9.15 Å². The number of carbonyl (C=O) groups is 1. The maximum absolute atomic E-state index is 12.8. The number of nitrogens with zero attached hydrogens (tertiary/aromatic N) is 1. The van der Waals surface area contributed by atoms with E-state index in [1.807, 2.05) is 0 Å². The van der Waals surface area contributed by atoms with Gasteiger partial charge in [-0.05, 0) is 39.2 Å². The third kappa shape index (κ3) is 2.45. The summed E-state index contributed by atoms with van der Waals surface area (Å²) in [5, 5.41) is 9.24. The molecule has 1 spiro atoms. The fraction of sp³-hybridized carbons (Fsp3) is 0.643. The van der Waals surface area contributed by atoms with Crippen LogP contribution >= 0.6 is 0 Å². The Morgan fingerprint density at radius 1 is 1.41 bits per heavy atom. The van der Waals surface area contributed by atoms with Crippen LogP contribution in [-0.2, 0) is 19.6 Å². The summed E-state index contributed by atoms with van der Waals surface area (Å²) in [6.07, 6.45) is 1.17. The molecule has 1 N–H and O–H groups in total. The molecule has 0 aromatic carbocycles. The minimum Gasteiger partial charge on any atom is -0.479 e. The van der Waals surface area contributed by atoms with E-state index in [0.717, 1.165) is 6.42 Å². The zero-order valence-corrected chi connectivity index (χ0v) is 13.4. The van der Waals surface area contributed by atoms with Gasteiger partial charge in [0.15, 0.2) is 6.10 Å². The fourth-order valence-corrected chi connectivity index (χ4v) is 4.84. The summed E-state index contributed by atoms with van der Waals surface area (Å²) < 4.78 is 37.8. The van der Waals surface area contributed by atoms with Crippen molar-refractivity contribution < 1.29 is 27.5 Å². The van der Waals surface area contributed by atoms with Crippen LogP contribution in [0.15, 0.2) is 15.4 Å². The van der Waals surface area contributed by atoms with Gasteiger partial charge in [0.1, 0.15) is 16.4 Å². The third-order valence-electron chi connectivity index (χ3n) is 4.38. The number of hydrogen-bond donors (Lipinski definition) is 1. The molecular formula is C14H19NO6S. The lowest BCUT2D eigenvalue weighted by Gasteiger charge is -2.49. The Morgan fingerprint density at radius 3 is 2.55 bits per heavy atom. The van der Waals surface area contributed by atoms with Crippen LogP contribution in [0.4, 0.5) is 0 Å². The van der Waals surface area contributed by atoms with Gasteiger partial charge in [0, 0.05) is 6.54 Å². The molecule has 1 unspecified atom stereocenters. The van der Waals surface area contributed by atoms with Crippen molar-refractivity contribution >= 4 is 16.0 Å². The van der Waals surface area contributed by atoms with E-state index in [-0.39, 0.29) is 18.0 Å². The number of ether oxygens (including phenoxy) is 1. The van der Waals surface area contributed by atoms with Crippen molar-refractivity contribution in [3.8, 4) is 0 Å². The van der Waals surface area contributed by atoms with Crippen LogP contribution in [-0.4, -0.2) is 48.6 Å². The molecule has 2 aliphatic rings. The monoisotopic (exact) mass is 329 g/mol. The highest BCUT2D eigenvalue weighted by molar-refractivity contribution is 7.89. The van der Waals surface area contributed by atoms with Crippen molar-refractivity contribution in [1.82, 2.24) is 4.31 Å². The highest BCUT2D eigenvalue weighted by Crippen LogP contribution is 2.41. The summed E-state index contributed by atoms with van der Waals surface area (Å²) in [4.78, 5) is 11.4. The second-order valence-electron chi connectivity index (χ2n) is 6.06. The number of hydrogen-bond acceptors (Lipinski definition) is 5. The standard InChI is InChI=1S/C14H19NO6S/c1-9-6-12(10(2)20-9)22(18,19)15-7-11(13(16)17)21-14(8-15)4-3-5-14/h6,11H,3-5,7-8H2,1-2H3,(H,16,17). The number of furan rings is 1. The highest BCUT2D eigenvalue weighted by atomic mass is 32.2. The largest absolute Gasteiger partial charge is 0.479 e. The second kappa shape index (κ2) is 5.07. The first kappa shape index (κ1) is 15.5. The summed E-state index contributed by atoms with van der Waals surface area (Å²) in [5.41, 5.74) is -0.652. The Kier molecular flexibility index (Phi) is 3.58. The molecule has 8 heteroatoms. The maximum atomic E-state index is 12.8. The van der Waals surface area contributed by atoms with E-state index in [2.05, 4.69) is 0 Å². The summed E-state index contributed by atoms with van der Waals surface area (Å²) in [7, 11) is -3.79. The van der Waals surface area contributed by atoms with Gasteiger partial charge < -0.3 is 14.3 Å². The van der Waals surface area contributed by atoms with E-state index in [0.29, 0.717) is 24.4 Å². The average molecular weight is 329 g/mol. The molecule has 0 amide bonds. The Morgan fingerprint density at radius 2 is 2.09 bits per heavy atom. The van der Waals surface area contributed by atoms with Crippen molar-refractivity contribution in [2.45, 2.75) is 49.7 Å². The Labute approximate surface area is 128 Å². The molecule has 1 atom stereocenters. The molecule has 1 saturated heterocycles.